The number of rotatable bonds is 4. The lowest BCUT2D eigenvalue weighted by atomic mass is 10.1. The molecule has 3 N–H and O–H groups in total. The van der Waals surface area contributed by atoms with Crippen LogP contribution in [-0.2, 0) is 4.79 Å². The minimum Gasteiger partial charge on any atom is -0.391 e. The van der Waals surface area contributed by atoms with Crippen molar-refractivity contribution in [3.8, 4) is 0 Å². The number of urea groups is 1. The summed E-state index contributed by atoms with van der Waals surface area (Å²) >= 11 is 1.57. The van der Waals surface area contributed by atoms with Gasteiger partial charge in [0.05, 0.1) is 12.1 Å². The van der Waals surface area contributed by atoms with E-state index in [4.69, 9.17) is 0 Å². The normalized spacial score (nSPS) is 21.0. The van der Waals surface area contributed by atoms with E-state index in [9.17, 15) is 14.7 Å². The summed E-state index contributed by atoms with van der Waals surface area (Å²) in [6.07, 6.45) is -0.458. The maximum Gasteiger partial charge on any atom is 0.322 e. The van der Waals surface area contributed by atoms with E-state index in [2.05, 4.69) is 10.6 Å². The molecule has 0 aliphatic carbocycles. The summed E-state index contributed by atoms with van der Waals surface area (Å²) in [4.78, 5) is 27.6. The van der Waals surface area contributed by atoms with Crippen LogP contribution in [0.3, 0.4) is 0 Å². The molecule has 1 aromatic carbocycles. The van der Waals surface area contributed by atoms with Crippen molar-refractivity contribution in [2.45, 2.75) is 31.5 Å². The Hall–Kier alpha value is -2.38. The average Bonchev–Trinajstić information content (AvgIpc) is 3.25. The summed E-state index contributed by atoms with van der Waals surface area (Å²) in [6, 6.07) is 11.7. The fourth-order valence-electron chi connectivity index (χ4n) is 2.92. The Bertz CT molecular complexity index is 720. The molecule has 1 aliphatic heterocycles. The molecule has 7 heteroatoms. The molecule has 0 spiro atoms. The van der Waals surface area contributed by atoms with Crippen molar-refractivity contribution in [3.63, 3.8) is 0 Å². The highest BCUT2D eigenvalue weighted by atomic mass is 32.1. The number of benzene rings is 1. The molecule has 3 atom stereocenters. The van der Waals surface area contributed by atoms with Gasteiger partial charge in [0.1, 0.15) is 6.04 Å². The number of aliphatic hydroxyl groups is 1. The van der Waals surface area contributed by atoms with Crippen molar-refractivity contribution in [1.29, 1.82) is 0 Å². The van der Waals surface area contributed by atoms with Crippen molar-refractivity contribution in [2.24, 2.45) is 0 Å². The van der Waals surface area contributed by atoms with Gasteiger partial charge in [-0.1, -0.05) is 24.3 Å². The van der Waals surface area contributed by atoms with Crippen molar-refractivity contribution < 1.29 is 14.7 Å². The fourth-order valence-corrected chi connectivity index (χ4v) is 3.66. The van der Waals surface area contributed by atoms with E-state index in [1.807, 2.05) is 42.6 Å². The third-order valence-corrected chi connectivity index (χ3v) is 5.25. The molecule has 3 rings (SSSR count). The number of carbonyl (C=O) groups excluding carboxylic acids is 2. The molecular formula is C18H21N3O3S. The molecule has 6 nitrogen and oxygen atoms in total. The monoisotopic (exact) mass is 359 g/mol. The van der Waals surface area contributed by atoms with Gasteiger partial charge in [-0.25, -0.2) is 4.79 Å². The standard InChI is InChI=1S/C18H21N3O3S/c1-12(16-8-5-9-25-16)19-17(23)15-10-14(22)11-21(15)18(24)20-13-6-3-2-4-7-13/h2-9,12,14-15,22H,10-11H2,1H3,(H,19,23)(H,20,24)/t12-,14+,15-/m1/s1. The second-order valence-corrected chi connectivity index (χ2v) is 7.08. The number of anilines is 1. The van der Waals surface area contributed by atoms with E-state index in [0.29, 0.717) is 5.69 Å². The summed E-state index contributed by atoms with van der Waals surface area (Å²) in [5.41, 5.74) is 0.653. The summed E-state index contributed by atoms with van der Waals surface area (Å²) in [5, 5.41) is 17.6. The van der Waals surface area contributed by atoms with Gasteiger partial charge in [-0.3, -0.25) is 4.79 Å². The second-order valence-electron chi connectivity index (χ2n) is 6.10. The topological polar surface area (TPSA) is 81.7 Å². The zero-order chi connectivity index (χ0) is 17.8. The van der Waals surface area contributed by atoms with Gasteiger partial charge < -0.3 is 20.6 Å². The third-order valence-electron chi connectivity index (χ3n) is 4.20. The first-order valence-electron chi connectivity index (χ1n) is 8.19. The van der Waals surface area contributed by atoms with E-state index in [1.165, 1.54) is 4.90 Å². The number of carbonyl (C=O) groups is 2. The Morgan fingerprint density at radius 3 is 2.68 bits per heavy atom. The molecule has 1 aromatic heterocycles. The molecule has 0 radical (unpaired) electrons. The first-order valence-corrected chi connectivity index (χ1v) is 9.07. The molecule has 1 saturated heterocycles. The van der Waals surface area contributed by atoms with E-state index in [0.717, 1.165) is 4.88 Å². The lowest BCUT2D eigenvalue weighted by Crippen LogP contribution is -2.47. The molecule has 132 valence electrons. The van der Waals surface area contributed by atoms with E-state index in [-0.39, 0.29) is 30.9 Å². The molecular weight excluding hydrogens is 338 g/mol. The number of nitrogens with one attached hydrogen (secondary N) is 2. The number of hydrogen-bond acceptors (Lipinski definition) is 4. The van der Waals surface area contributed by atoms with Gasteiger partial charge in [0.25, 0.3) is 0 Å². The first kappa shape index (κ1) is 17.4. The number of amides is 3. The van der Waals surface area contributed by atoms with Gasteiger partial charge in [0, 0.05) is 23.5 Å². The van der Waals surface area contributed by atoms with E-state index < -0.39 is 12.1 Å². The Morgan fingerprint density at radius 1 is 1.24 bits per heavy atom. The van der Waals surface area contributed by atoms with Crippen LogP contribution in [0.1, 0.15) is 24.3 Å². The van der Waals surface area contributed by atoms with Crippen LogP contribution in [0, 0.1) is 0 Å². The number of aliphatic hydroxyl groups excluding tert-OH is 1. The number of thiophene rings is 1. The van der Waals surface area contributed by atoms with Crippen LogP contribution < -0.4 is 10.6 Å². The number of nitrogens with zero attached hydrogens (tertiary/aromatic N) is 1. The van der Waals surface area contributed by atoms with Crippen LogP contribution in [0.15, 0.2) is 47.8 Å². The zero-order valence-electron chi connectivity index (χ0n) is 13.9. The molecule has 2 aromatic rings. The summed E-state index contributed by atoms with van der Waals surface area (Å²) in [5.74, 6) is -0.249. The van der Waals surface area contributed by atoms with Gasteiger partial charge in [-0.05, 0) is 30.5 Å². The van der Waals surface area contributed by atoms with Crippen molar-refractivity contribution in [1.82, 2.24) is 10.2 Å². The highest BCUT2D eigenvalue weighted by molar-refractivity contribution is 7.10. The predicted octanol–water partition coefficient (Wildman–Crippen LogP) is 2.59. The quantitative estimate of drug-likeness (QED) is 0.785. The minimum absolute atomic E-state index is 0.135. The molecule has 1 aliphatic rings. The lowest BCUT2D eigenvalue weighted by molar-refractivity contribution is -0.125. The number of β-amino-alcohol motifs (C(OH)–C–C–N with tert-alkyl or cyclic N) is 1. The molecule has 0 saturated carbocycles. The Morgan fingerprint density at radius 2 is 2.00 bits per heavy atom. The van der Waals surface area contributed by atoms with Crippen LogP contribution in [0.25, 0.3) is 0 Å². The summed E-state index contributed by atoms with van der Waals surface area (Å²) < 4.78 is 0. The number of likely N-dealkylation sites (tertiary alicyclic amines) is 1. The first-order chi connectivity index (χ1) is 12.0. The van der Waals surface area contributed by atoms with Crippen LogP contribution in [0.5, 0.6) is 0 Å². The third kappa shape index (κ3) is 4.18. The number of para-hydroxylation sites is 1. The maximum absolute atomic E-state index is 12.6. The van der Waals surface area contributed by atoms with Gasteiger partial charge in [-0.2, -0.15) is 0 Å². The van der Waals surface area contributed by atoms with Gasteiger partial charge in [-0.15, -0.1) is 11.3 Å². The lowest BCUT2D eigenvalue weighted by Gasteiger charge is -2.25. The number of hydrogen-bond donors (Lipinski definition) is 3. The molecule has 0 unspecified atom stereocenters. The second kappa shape index (κ2) is 7.67. The molecule has 0 bridgehead atoms. The van der Waals surface area contributed by atoms with Gasteiger partial charge >= 0.3 is 6.03 Å². The van der Waals surface area contributed by atoms with Gasteiger partial charge in [0.15, 0.2) is 0 Å². The van der Waals surface area contributed by atoms with Gasteiger partial charge in [0.2, 0.25) is 5.91 Å². The maximum atomic E-state index is 12.6. The Balaban J connectivity index is 1.66. The van der Waals surface area contributed by atoms with Crippen molar-refractivity contribution >= 4 is 29.0 Å². The molecule has 1 fully saturated rings. The van der Waals surface area contributed by atoms with E-state index in [1.54, 1.807) is 23.5 Å². The molecule has 3 amide bonds. The largest absolute Gasteiger partial charge is 0.391 e. The SMILES string of the molecule is C[C@@H](NC(=O)[C@H]1C[C@H](O)CN1C(=O)Nc1ccccc1)c1cccs1. The van der Waals surface area contributed by atoms with Crippen molar-refractivity contribution in [2.75, 3.05) is 11.9 Å². The smallest absolute Gasteiger partial charge is 0.322 e. The Labute approximate surface area is 150 Å². The van der Waals surface area contributed by atoms with E-state index >= 15 is 0 Å². The Kier molecular flexibility index (Phi) is 5.35. The molecule has 25 heavy (non-hydrogen) atoms. The van der Waals surface area contributed by atoms with Crippen LogP contribution in [-0.4, -0.2) is 40.6 Å². The van der Waals surface area contributed by atoms with Crippen LogP contribution >= 0.6 is 11.3 Å². The summed E-state index contributed by atoms with van der Waals surface area (Å²) in [6.45, 7) is 2.05. The molecule has 2 heterocycles. The minimum atomic E-state index is -0.700. The van der Waals surface area contributed by atoms with Crippen LogP contribution in [0.4, 0.5) is 10.5 Å². The highest BCUT2D eigenvalue weighted by Gasteiger charge is 2.39. The average molecular weight is 359 g/mol. The fraction of sp³-hybridized carbons (Fsp3) is 0.333. The summed E-state index contributed by atoms with van der Waals surface area (Å²) in [7, 11) is 0. The van der Waals surface area contributed by atoms with Crippen molar-refractivity contribution in [3.05, 3.63) is 52.7 Å². The highest BCUT2D eigenvalue weighted by Crippen LogP contribution is 2.23. The van der Waals surface area contributed by atoms with Crippen LogP contribution in [0.2, 0.25) is 0 Å². The zero-order valence-corrected chi connectivity index (χ0v) is 14.7. The predicted molar refractivity (Wildman–Crippen MR) is 97.5 cm³/mol.